The van der Waals surface area contributed by atoms with E-state index in [2.05, 4.69) is 51.6 Å². The van der Waals surface area contributed by atoms with Gasteiger partial charge in [-0.3, -0.25) is 9.59 Å². The maximum atomic E-state index is 13.3. The molecule has 43 heavy (non-hydrogen) atoms. The van der Waals surface area contributed by atoms with Gasteiger partial charge < -0.3 is 14.5 Å². The fraction of sp³-hybridized carbons (Fsp3) is 0.947. The quantitative estimate of drug-likeness (QED) is 0.0563. The molecule has 0 heterocycles. The Morgan fingerprint density at radius 3 is 1.67 bits per heavy atom. The van der Waals surface area contributed by atoms with Crippen LogP contribution in [-0.2, 0) is 14.3 Å². The summed E-state index contributed by atoms with van der Waals surface area (Å²) in [5, 5.41) is 0. The zero-order chi connectivity index (χ0) is 32.0. The van der Waals surface area contributed by atoms with E-state index in [0.29, 0.717) is 37.3 Å². The van der Waals surface area contributed by atoms with Gasteiger partial charge in [0, 0.05) is 25.4 Å². The maximum absolute atomic E-state index is 13.3. The molecule has 0 aliphatic heterocycles. The molecule has 0 N–H and O–H groups in total. The molecule has 5 nitrogen and oxygen atoms in total. The van der Waals surface area contributed by atoms with Crippen molar-refractivity contribution in [3.63, 3.8) is 0 Å². The molecule has 2 atom stereocenters. The van der Waals surface area contributed by atoms with Crippen molar-refractivity contribution in [1.82, 2.24) is 9.80 Å². The first-order chi connectivity index (χ1) is 20.9. The summed E-state index contributed by atoms with van der Waals surface area (Å²) in [6.07, 6.45) is 28.5. The van der Waals surface area contributed by atoms with Gasteiger partial charge in [-0.15, -0.1) is 0 Å². The van der Waals surface area contributed by atoms with Gasteiger partial charge in [0.2, 0.25) is 5.91 Å². The molecular weight excluding hydrogens is 532 g/mol. The molecule has 256 valence electrons. The molecule has 0 rings (SSSR count). The normalized spacial score (nSPS) is 12.9. The number of nitrogens with zero attached hydrogens (tertiary/aromatic N) is 2. The number of hydrogen-bond acceptors (Lipinski definition) is 4. The van der Waals surface area contributed by atoms with Crippen LogP contribution in [0.2, 0.25) is 0 Å². The molecule has 2 unspecified atom stereocenters. The molecule has 0 spiro atoms. The number of amides is 1. The molecular formula is C38H76N2O3. The number of carbonyl (C=O) groups excluding carboxylic acids is 2. The lowest BCUT2D eigenvalue weighted by atomic mass is 9.96. The van der Waals surface area contributed by atoms with Crippen molar-refractivity contribution >= 4 is 11.9 Å². The van der Waals surface area contributed by atoms with Crippen molar-refractivity contribution in [1.29, 1.82) is 0 Å². The Morgan fingerprint density at radius 1 is 0.535 bits per heavy atom. The molecule has 0 aromatic rings. The van der Waals surface area contributed by atoms with Crippen LogP contribution in [0, 0.1) is 5.92 Å². The summed E-state index contributed by atoms with van der Waals surface area (Å²) < 4.78 is 5.71. The third kappa shape index (κ3) is 25.9. The number of unbranched alkanes of at least 4 members (excludes halogenated alkanes) is 13. The van der Waals surface area contributed by atoms with Crippen LogP contribution in [0.5, 0.6) is 0 Å². The molecule has 1 amide bonds. The van der Waals surface area contributed by atoms with Crippen molar-refractivity contribution in [3.05, 3.63) is 0 Å². The van der Waals surface area contributed by atoms with Gasteiger partial charge in [0.25, 0.3) is 0 Å². The van der Waals surface area contributed by atoms with Crippen LogP contribution in [-0.4, -0.2) is 61.5 Å². The topological polar surface area (TPSA) is 49.9 Å². The predicted molar refractivity (Wildman–Crippen MR) is 187 cm³/mol. The van der Waals surface area contributed by atoms with E-state index in [0.717, 1.165) is 64.5 Å². The molecule has 0 aliphatic rings. The number of carbonyl (C=O) groups is 2. The molecule has 0 saturated carbocycles. The van der Waals surface area contributed by atoms with Crippen LogP contribution in [0.3, 0.4) is 0 Å². The molecule has 0 saturated heterocycles. The van der Waals surface area contributed by atoms with Gasteiger partial charge >= 0.3 is 5.97 Å². The average molecular weight is 609 g/mol. The number of hydrogen-bond donors (Lipinski definition) is 0. The van der Waals surface area contributed by atoms with Crippen LogP contribution in [0.15, 0.2) is 0 Å². The molecule has 0 aliphatic carbocycles. The summed E-state index contributed by atoms with van der Waals surface area (Å²) in [6.45, 7) is 11.5. The third-order valence-corrected chi connectivity index (χ3v) is 8.98. The van der Waals surface area contributed by atoms with Crippen molar-refractivity contribution in [3.8, 4) is 0 Å². The first-order valence-corrected chi connectivity index (χ1v) is 19.0. The molecule has 0 bridgehead atoms. The zero-order valence-corrected chi connectivity index (χ0v) is 30.1. The van der Waals surface area contributed by atoms with Crippen LogP contribution in [0.25, 0.3) is 0 Å². The number of rotatable bonds is 32. The van der Waals surface area contributed by atoms with E-state index in [-0.39, 0.29) is 5.97 Å². The zero-order valence-electron chi connectivity index (χ0n) is 30.1. The summed E-state index contributed by atoms with van der Waals surface area (Å²) in [4.78, 5) is 30.2. The lowest BCUT2D eigenvalue weighted by Gasteiger charge is -2.33. The van der Waals surface area contributed by atoms with Crippen LogP contribution >= 0.6 is 0 Å². The monoisotopic (exact) mass is 609 g/mol. The van der Waals surface area contributed by atoms with Gasteiger partial charge in [-0.2, -0.15) is 0 Å². The SMILES string of the molecule is CCCCCCC(CCCC)COC(=O)CCCCCCCCC(CCCCC)N(CCCN(C)C)C(=O)CCCCC. The van der Waals surface area contributed by atoms with E-state index in [1.165, 1.54) is 96.3 Å². The van der Waals surface area contributed by atoms with Gasteiger partial charge in [0.1, 0.15) is 0 Å². The second-order valence-corrected chi connectivity index (χ2v) is 13.6. The molecule has 5 heteroatoms. The van der Waals surface area contributed by atoms with Gasteiger partial charge in [-0.1, -0.05) is 130 Å². The second-order valence-electron chi connectivity index (χ2n) is 13.6. The summed E-state index contributed by atoms with van der Waals surface area (Å²) >= 11 is 0. The van der Waals surface area contributed by atoms with Crippen LogP contribution in [0.1, 0.15) is 188 Å². The summed E-state index contributed by atoms with van der Waals surface area (Å²) in [5.41, 5.74) is 0. The first kappa shape index (κ1) is 41.9. The van der Waals surface area contributed by atoms with E-state index in [9.17, 15) is 9.59 Å². The van der Waals surface area contributed by atoms with Gasteiger partial charge in [0.15, 0.2) is 0 Å². The highest BCUT2D eigenvalue weighted by Crippen LogP contribution is 2.21. The minimum absolute atomic E-state index is 0.00272. The number of esters is 1. The second kappa shape index (κ2) is 30.9. The number of ether oxygens (including phenoxy) is 1. The lowest BCUT2D eigenvalue weighted by Crippen LogP contribution is -2.41. The van der Waals surface area contributed by atoms with E-state index in [1.807, 2.05) is 0 Å². The highest BCUT2D eigenvalue weighted by molar-refractivity contribution is 5.76. The van der Waals surface area contributed by atoms with Gasteiger partial charge in [0.05, 0.1) is 6.61 Å². The van der Waals surface area contributed by atoms with E-state index in [1.54, 1.807) is 0 Å². The van der Waals surface area contributed by atoms with E-state index in [4.69, 9.17) is 4.74 Å². The fourth-order valence-corrected chi connectivity index (χ4v) is 6.13. The Morgan fingerprint density at radius 2 is 1.02 bits per heavy atom. The van der Waals surface area contributed by atoms with Gasteiger partial charge in [-0.05, 0) is 71.5 Å². The predicted octanol–water partition coefficient (Wildman–Crippen LogP) is 10.7. The Hall–Kier alpha value is -1.10. The average Bonchev–Trinajstić information content (AvgIpc) is 2.99. The van der Waals surface area contributed by atoms with Crippen LogP contribution < -0.4 is 0 Å². The van der Waals surface area contributed by atoms with E-state index >= 15 is 0 Å². The molecule has 0 aromatic heterocycles. The Balaban J connectivity index is 4.48. The Labute approximate surface area is 269 Å². The fourth-order valence-electron chi connectivity index (χ4n) is 6.13. The van der Waals surface area contributed by atoms with E-state index < -0.39 is 0 Å². The summed E-state index contributed by atoms with van der Waals surface area (Å²) in [7, 11) is 4.24. The largest absolute Gasteiger partial charge is 0.465 e. The molecule has 0 radical (unpaired) electrons. The summed E-state index contributed by atoms with van der Waals surface area (Å²) in [5.74, 6) is 0.929. The Bertz CT molecular complexity index is 624. The molecule has 0 aromatic carbocycles. The van der Waals surface area contributed by atoms with Crippen molar-refractivity contribution in [2.24, 2.45) is 5.92 Å². The highest BCUT2D eigenvalue weighted by Gasteiger charge is 2.22. The third-order valence-electron chi connectivity index (χ3n) is 8.98. The minimum atomic E-state index is 0.00272. The highest BCUT2D eigenvalue weighted by atomic mass is 16.5. The standard InChI is InChI=1S/C38H76N2O3/c1-7-11-15-22-27-35(26-14-10-4)34-43-38(42)31-24-19-17-16-18-23-29-36(28-20-12-8-2)40(33-25-32-39(5)6)37(41)30-21-13-9-3/h35-36H,7-34H2,1-6H3. The Kier molecular flexibility index (Phi) is 30.1. The smallest absolute Gasteiger partial charge is 0.305 e. The van der Waals surface area contributed by atoms with Gasteiger partial charge in [-0.25, -0.2) is 0 Å². The maximum Gasteiger partial charge on any atom is 0.305 e. The lowest BCUT2D eigenvalue weighted by molar-refractivity contribution is -0.145. The van der Waals surface area contributed by atoms with Crippen LogP contribution in [0.4, 0.5) is 0 Å². The summed E-state index contributed by atoms with van der Waals surface area (Å²) in [6, 6.07) is 0.394. The minimum Gasteiger partial charge on any atom is -0.465 e. The first-order valence-electron chi connectivity index (χ1n) is 19.0. The van der Waals surface area contributed by atoms with Crippen molar-refractivity contribution in [2.45, 2.75) is 194 Å². The van der Waals surface area contributed by atoms with Crippen molar-refractivity contribution < 1.29 is 14.3 Å². The molecule has 0 fully saturated rings. The van der Waals surface area contributed by atoms with Crippen molar-refractivity contribution in [2.75, 3.05) is 33.8 Å².